The monoisotopic (exact) mass is 356 g/mol. The normalized spacial score (nSPS) is 7.13. The van der Waals surface area contributed by atoms with Gasteiger partial charge in [0.25, 0.3) is 6.47 Å². The van der Waals surface area contributed by atoms with Crippen LogP contribution in [0.5, 0.6) is 0 Å². The van der Waals surface area contributed by atoms with Crippen molar-refractivity contribution in [1.82, 2.24) is 0 Å². The van der Waals surface area contributed by atoms with Crippen molar-refractivity contribution in [3.63, 3.8) is 0 Å². The summed E-state index contributed by atoms with van der Waals surface area (Å²) in [6, 6.07) is 10.3. The molecule has 1 aromatic carbocycles. The van der Waals surface area contributed by atoms with Gasteiger partial charge in [0.15, 0.2) is 0 Å². The van der Waals surface area contributed by atoms with E-state index in [9.17, 15) is 9.59 Å². The molecular weight excluding hydrogens is 335 g/mol. The number of hydrogen-bond acceptors (Lipinski definition) is 6. The number of carbonyl (C=O) groups excluding carboxylic acids is 3. The number of carbonyl (C=O) groups is 3. The molecule has 6 nitrogen and oxygen atoms in total. The standard InChI is InChI=1S/C7H8.C4H7ClO2.C3H6O2.CH2O2.Na/c1-7-5-3-2-4-6-7;1-2-7-4(6)3-5;1-2-5-3-4;2-1-3;/h2-6H,1H3;2-3H2,1H3;3H,2H2,1H3;1H,(H,2,3);/q;;;;+1/p-1. The van der Waals surface area contributed by atoms with Gasteiger partial charge in [-0.15, -0.1) is 11.6 Å². The molecule has 0 spiro atoms. The Balaban J connectivity index is -0.000000108. The van der Waals surface area contributed by atoms with E-state index in [1.807, 2.05) is 18.2 Å². The van der Waals surface area contributed by atoms with Gasteiger partial charge in [0.2, 0.25) is 0 Å². The van der Waals surface area contributed by atoms with Crippen LogP contribution in [0.25, 0.3) is 0 Å². The van der Waals surface area contributed by atoms with Gasteiger partial charge in [-0.25, -0.2) is 0 Å². The quantitative estimate of drug-likeness (QED) is 0.277. The van der Waals surface area contributed by atoms with Gasteiger partial charge in [0.05, 0.1) is 13.2 Å². The first-order valence-electron chi connectivity index (χ1n) is 6.37. The third kappa shape index (κ3) is 38.6. The van der Waals surface area contributed by atoms with Gasteiger partial charge in [-0.3, -0.25) is 9.59 Å². The minimum absolute atomic E-state index is 0. The van der Waals surface area contributed by atoms with E-state index in [4.69, 9.17) is 21.5 Å². The predicted octanol–water partition coefficient (Wildman–Crippen LogP) is -1.67. The van der Waals surface area contributed by atoms with Crippen LogP contribution in [0.15, 0.2) is 30.3 Å². The molecule has 1 rings (SSSR count). The summed E-state index contributed by atoms with van der Waals surface area (Å²) in [7, 11) is 0. The number of aryl methyl sites for hydroxylation is 1. The second-order valence-electron chi connectivity index (χ2n) is 3.24. The van der Waals surface area contributed by atoms with E-state index in [1.54, 1.807) is 13.8 Å². The third-order valence-corrected chi connectivity index (χ3v) is 1.81. The van der Waals surface area contributed by atoms with E-state index in [0.717, 1.165) is 0 Å². The fourth-order valence-corrected chi connectivity index (χ4v) is 0.879. The van der Waals surface area contributed by atoms with Gasteiger partial charge >= 0.3 is 35.5 Å². The summed E-state index contributed by atoms with van der Waals surface area (Å²) in [5.41, 5.74) is 1.32. The van der Waals surface area contributed by atoms with Crippen molar-refractivity contribution < 1.29 is 58.5 Å². The minimum atomic E-state index is -0.500. The molecule has 0 amide bonds. The average Bonchev–Trinajstić information content (AvgIpc) is 2.51. The summed E-state index contributed by atoms with van der Waals surface area (Å²) < 4.78 is 8.57. The average molecular weight is 357 g/mol. The Hall–Kier alpha value is -1.08. The van der Waals surface area contributed by atoms with E-state index < -0.39 is 6.47 Å². The molecular formula is C15H22ClNaO6. The molecule has 126 valence electrons. The molecule has 0 aromatic heterocycles. The molecule has 0 aliphatic rings. The van der Waals surface area contributed by atoms with Crippen molar-refractivity contribution in [2.75, 3.05) is 19.1 Å². The smallest absolute Gasteiger partial charge is 0.554 e. The molecule has 23 heavy (non-hydrogen) atoms. The van der Waals surface area contributed by atoms with Gasteiger partial charge in [0, 0.05) is 6.47 Å². The fraction of sp³-hybridized carbons (Fsp3) is 0.400. The Morgan fingerprint density at radius 2 is 1.65 bits per heavy atom. The van der Waals surface area contributed by atoms with Crippen molar-refractivity contribution in [3.8, 4) is 0 Å². The summed E-state index contributed by atoms with van der Waals surface area (Å²) in [4.78, 5) is 27.5. The largest absolute Gasteiger partial charge is 1.00 e. The Morgan fingerprint density at radius 3 is 1.78 bits per heavy atom. The van der Waals surface area contributed by atoms with Gasteiger partial charge < -0.3 is 19.4 Å². The minimum Gasteiger partial charge on any atom is -0.554 e. The molecule has 1 aromatic rings. The summed E-state index contributed by atoms with van der Waals surface area (Å²) in [6.45, 7) is 6.40. The first-order valence-corrected chi connectivity index (χ1v) is 6.91. The molecule has 0 saturated heterocycles. The second-order valence-corrected chi connectivity index (χ2v) is 3.51. The van der Waals surface area contributed by atoms with Crippen LogP contribution < -0.4 is 34.7 Å². The Labute approximate surface area is 164 Å². The first kappa shape index (κ1) is 29.9. The number of rotatable bonds is 4. The number of alkyl halides is 1. The van der Waals surface area contributed by atoms with E-state index in [1.165, 1.54) is 5.56 Å². The van der Waals surface area contributed by atoms with Crippen molar-refractivity contribution in [2.45, 2.75) is 20.8 Å². The number of benzene rings is 1. The molecule has 0 aliphatic carbocycles. The number of carboxylic acid groups (broad SMARTS) is 1. The fourth-order valence-electron chi connectivity index (χ4n) is 0.802. The molecule has 0 fully saturated rings. The number of ether oxygens (including phenoxy) is 2. The number of esters is 1. The van der Waals surface area contributed by atoms with Gasteiger partial charge in [-0.2, -0.15) is 0 Å². The summed E-state index contributed by atoms with van der Waals surface area (Å²) >= 11 is 5.06. The van der Waals surface area contributed by atoms with Crippen LogP contribution in [0.1, 0.15) is 19.4 Å². The summed E-state index contributed by atoms with van der Waals surface area (Å²) in [6.07, 6.45) is 0. The maximum absolute atomic E-state index is 10.1. The van der Waals surface area contributed by atoms with Crippen LogP contribution >= 0.6 is 11.6 Å². The zero-order valence-electron chi connectivity index (χ0n) is 14.0. The SMILES string of the molecule is CCOC(=O)CCl.CCOC=O.Cc1ccccc1.O=C[O-].[Na+]. The van der Waals surface area contributed by atoms with E-state index in [-0.39, 0.29) is 41.4 Å². The van der Waals surface area contributed by atoms with Gasteiger partial charge in [-0.05, 0) is 20.8 Å². The molecule has 0 aliphatic heterocycles. The van der Waals surface area contributed by atoms with Crippen LogP contribution in [0.4, 0.5) is 0 Å². The third-order valence-electron chi connectivity index (χ3n) is 1.59. The topological polar surface area (TPSA) is 92.7 Å². The van der Waals surface area contributed by atoms with E-state index in [0.29, 0.717) is 19.7 Å². The van der Waals surface area contributed by atoms with Gasteiger partial charge in [-0.1, -0.05) is 35.9 Å². The predicted molar refractivity (Wildman–Crippen MR) is 82.3 cm³/mol. The Morgan fingerprint density at radius 1 is 1.17 bits per heavy atom. The second kappa shape index (κ2) is 29.0. The Bertz CT molecular complexity index is 362. The van der Waals surface area contributed by atoms with Crippen molar-refractivity contribution in [3.05, 3.63) is 35.9 Å². The zero-order valence-corrected chi connectivity index (χ0v) is 16.7. The molecule has 0 radical (unpaired) electrons. The van der Waals surface area contributed by atoms with Crippen molar-refractivity contribution in [1.29, 1.82) is 0 Å². The molecule has 0 saturated carbocycles. The van der Waals surface area contributed by atoms with Crippen molar-refractivity contribution >= 4 is 30.5 Å². The molecule has 0 bridgehead atoms. The molecule has 0 atom stereocenters. The van der Waals surface area contributed by atoms with Crippen LogP contribution in [0.3, 0.4) is 0 Å². The van der Waals surface area contributed by atoms with Crippen LogP contribution in [-0.4, -0.2) is 38.0 Å². The summed E-state index contributed by atoms with van der Waals surface area (Å²) in [5.74, 6) is -0.405. The zero-order chi connectivity index (χ0) is 17.6. The molecule has 0 heterocycles. The first-order chi connectivity index (χ1) is 10.5. The summed E-state index contributed by atoms with van der Waals surface area (Å²) in [5, 5.41) is 8.25. The maximum Gasteiger partial charge on any atom is 1.00 e. The maximum atomic E-state index is 10.1. The van der Waals surface area contributed by atoms with Crippen LogP contribution in [0.2, 0.25) is 0 Å². The van der Waals surface area contributed by atoms with E-state index in [2.05, 4.69) is 28.5 Å². The Kier molecular flexibility index (Phi) is 37.7. The van der Waals surface area contributed by atoms with Crippen LogP contribution in [-0.2, 0) is 23.9 Å². The molecule has 0 N–H and O–H groups in total. The number of halogens is 1. The van der Waals surface area contributed by atoms with Crippen molar-refractivity contribution in [2.24, 2.45) is 0 Å². The molecule has 0 unspecified atom stereocenters. The van der Waals surface area contributed by atoms with E-state index >= 15 is 0 Å². The van der Waals surface area contributed by atoms with Crippen LogP contribution in [0, 0.1) is 6.92 Å². The molecule has 8 heteroatoms. The number of hydrogen-bond donors (Lipinski definition) is 0. The van der Waals surface area contributed by atoms with Gasteiger partial charge in [0.1, 0.15) is 5.88 Å².